The monoisotopic (exact) mass is 343 g/mol. The van der Waals surface area contributed by atoms with E-state index in [4.69, 9.17) is 23.1 Å². The summed E-state index contributed by atoms with van der Waals surface area (Å²) in [5.74, 6) is -0.00461. The lowest BCUT2D eigenvalue weighted by Crippen LogP contribution is -2.24. The fourth-order valence-electron chi connectivity index (χ4n) is 1.97. The van der Waals surface area contributed by atoms with E-state index < -0.39 is 0 Å². The van der Waals surface area contributed by atoms with Crippen molar-refractivity contribution in [2.75, 3.05) is 7.05 Å². The molecule has 7 heteroatoms. The standard InChI is InChI=1S/C17H18ClN5O/c1-23(11-12-5-3-2-4-6-12)15(24)8-7-13-9-14(18)16(21-10-13)22-17(19)20/h2-10H,11H2,1H3,(H4,19,20,21,22)/b8-7+. The highest BCUT2D eigenvalue weighted by Crippen LogP contribution is 2.23. The van der Waals surface area contributed by atoms with Gasteiger partial charge in [-0.3, -0.25) is 4.79 Å². The average molecular weight is 344 g/mol. The van der Waals surface area contributed by atoms with Crippen molar-refractivity contribution in [2.45, 2.75) is 6.54 Å². The van der Waals surface area contributed by atoms with Crippen molar-refractivity contribution in [3.05, 3.63) is 64.8 Å². The third-order valence-electron chi connectivity index (χ3n) is 3.14. The minimum absolute atomic E-state index is 0.120. The maximum atomic E-state index is 12.1. The Morgan fingerprint density at radius 3 is 2.67 bits per heavy atom. The van der Waals surface area contributed by atoms with Gasteiger partial charge in [-0.1, -0.05) is 41.9 Å². The highest BCUT2D eigenvalue weighted by molar-refractivity contribution is 6.32. The first-order chi connectivity index (χ1) is 11.5. The Kier molecular flexibility index (Phi) is 5.92. The van der Waals surface area contributed by atoms with Gasteiger partial charge in [-0.2, -0.15) is 4.99 Å². The van der Waals surface area contributed by atoms with Gasteiger partial charge in [0.1, 0.15) is 0 Å². The first-order valence-corrected chi connectivity index (χ1v) is 7.56. The maximum Gasteiger partial charge on any atom is 0.246 e. The molecule has 1 amide bonds. The smallest absolute Gasteiger partial charge is 0.246 e. The molecule has 1 aromatic heterocycles. The predicted molar refractivity (Wildman–Crippen MR) is 96.7 cm³/mol. The summed E-state index contributed by atoms with van der Waals surface area (Å²) in [4.78, 5) is 21.6. The minimum atomic E-state index is -0.122. The largest absolute Gasteiger partial charge is 0.370 e. The van der Waals surface area contributed by atoms with E-state index in [0.29, 0.717) is 17.1 Å². The Labute approximate surface area is 145 Å². The fourth-order valence-corrected chi connectivity index (χ4v) is 2.19. The van der Waals surface area contributed by atoms with E-state index >= 15 is 0 Å². The number of likely N-dealkylation sites (N-methyl/N-ethyl adjacent to an activating group) is 1. The number of rotatable bonds is 5. The van der Waals surface area contributed by atoms with E-state index in [1.165, 1.54) is 12.3 Å². The molecule has 6 nitrogen and oxygen atoms in total. The number of aromatic nitrogens is 1. The quantitative estimate of drug-likeness (QED) is 0.494. The number of hydrogen-bond acceptors (Lipinski definition) is 3. The molecule has 0 saturated heterocycles. The summed E-state index contributed by atoms with van der Waals surface area (Å²) in [7, 11) is 1.74. The van der Waals surface area contributed by atoms with Gasteiger partial charge < -0.3 is 16.4 Å². The van der Waals surface area contributed by atoms with Crippen LogP contribution >= 0.6 is 11.6 Å². The second-order valence-electron chi connectivity index (χ2n) is 5.12. The summed E-state index contributed by atoms with van der Waals surface area (Å²) in [6, 6.07) is 11.4. The van der Waals surface area contributed by atoms with Crippen LogP contribution in [0.1, 0.15) is 11.1 Å². The molecule has 0 radical (unpaired) electrons. The molecule has 1 aromatic carbocycles. The SMILES string of the molecule is CN(Cc1ccccc1)C(=O)/C=C/c1cnc(N=C(N)N)c(Cl)c1. The molecule has 0 atom stereocenters. The van der Waals surface area contributed by atoms with Crippen molar-refractivity contribution >= 4 is 35.4 Å². The highest BCUT2D eigenvalue weighted by atomic mass is 35.5. The van der Waals surface area contributed by atoms with Gasteiger partial charge in [-0.05, 0) is 23.3 Å². The van der Waals surface area contributed by atoms with Crippen LogP contribution in [-0.2, 0) is 11.3 Å². The van der Waals surface area contributed by atoms with Crippen molar-refractivity contribution in [1.29, 1.82) is 0 Å². The van der Waals surface area contributed by atoms with Crippen molar-refractivity contribution in [3.8, 4) is 0 Å². The number of hydrogen-bond donors (Lipinski definition) is 2. The van der Waals surface area contributed by atoms with Crippen LogP contribution in [0.15, 0.2) is 53.7 Å². The lowest BCUT2D eigenvalue weighted by molar-refractivity contribution is -0.125. The lowest BCUT2D eigenvalue weighted by atomic mass is 10.2. The van der Waals surface area contributed by atoms with Crippen LogP contribution in [-0.4, -0.2) is 28.8 Å². The summed E-state index contributed by atoms with van der Waals surface area (Å²) in [5, 5.41) is 0.302. The zero-order valence-corrected chi connectivity index (χ0v) is 13.9. The number of nitrogens with zero attached hydrogens (tertiary/aromatic N) is 3. The fraction of sp³-hybridized carbons (Fsp3) is 0.118. The molecule has 124 valence electrons. The van der Waals surface area contributed by atoms with Crippen molar-refractivity contribution < 1.29 is 4.79 Å². The summed E-state index contributed by atoms with van der Waals surface area (Å²) in [6.07, 6.45) is 4.65. The van der Waals surface area contributed by atoms with Crippen molar-refractivity contribution in [2.24, 2.45) is 16.5 Å². The number of guanidine groups is 1. The van der Waals surface area contributed by atoms with E-state index in [1.54, 1.807) is 24.1 Å². The van der Waals surface area contributed by atoms with E-state index in [2.05, 4.69) is 9.98 Å². The zero-order valence-electron chi connectivity index (χ0n) is 13.2. The summed E-state index contributed by atoms with van der Waals surface area (Å²) >= 11 is 6.05. The number of carbonyl (C=O) groups is 1. The van der Waals surface area contributed by atoms with Gasteiger partial charge in [-0.15, -0.1) is 0 Å². The second-order valence-corrected chi connectivity index (χ2v) is 5.53. The van der Waals surface area contributed by atoms with Gasteiger partial charge in [0, 0.05) is 25.9 Å². The van der Waals surface area contributed by atoms with Gasteiger partial charge in [0.25, 0.3) is 0 Å². The summed E-state index contributed by atoms with van der Waals surface area (Å²) in [5.41, 5.74) is 12.3. The van der Waals surface area contributed by atoms with Crippen LogP contribution in [0.3, 0.4) is 0 Å². The number of benzene rings is 1. The third-order valence-corrected chi connectivity index (χ3v) is 3.41. The van der Waals surface area contributed by atoms with Gasteiger partial charge in [0.05, 0.1) is 5.02 Å². The molecule has 0 bridgehead atoms. The van der Waals surface area contributed by atoms with Crippen LogP contribution in [0.25, 0.3) is 6.08 Å². The molecule has 24 heavy (non-hydrogen) atoms. The first-order valence-electron chi connectivity index (χ1n) is 7.18. The number of nitrogens with two attached hydrogens (primary N) is 2. The minimum Gasteiger partial charge on any atom is -0.370 e. The number of halogens is 1. The summed E-state index contributed by atoms with van der Waals surface area (Å²) < 4.78 is 0. The predicted octanol–water partition coefficient (Wildman–Crippen LogP) is 2.31. The Balaban J connectivity index is 2.03. The lowest BCUT2D eigenvalue weighted by Gasteiger charge is -2.15. The molecule has 1 heterocycles. The summed E-state index contributed by atoms with van der Waals surface area (Å²) in [6.45, 7) is 0.534. The molecule has 0 unspecified atom stereocenters. The van der Waals surface area contributed by atoms with Gasteiger partial charge in [-0.25, -0.2) is 4.98 Å². The molecule has 0 aliphatic heterocycles. The second kappa shape index (κ2) is 8.12. The number of amides is 1. The Morgan fingerprint density at radius 2 is 2.04 bits per heavy atom. The van der Waals surface area contributed by atoms with Crippen molar-refractivity contribution in [1.82, 2.24) is 9.88 Å². The van der Waals surface area contributed by atoms with Crippen LogP contribution in [0.5, 0.6) is 0 Å². The topological polar surface area (TPSA) is 97.6 Å². The molecular formula is C17H18ClN5O. The highest BCUT2D eigenvalue weighted by Gasteiger charge is 2.06. The van der Waals surface area contributed by atoms with E-state index in [9.17, 15) is 4.79 Å². The average Bonchev–Trinajstić information content (AvgIpc) is 2.55. The first kappa shape index (κ1) is 17.5. The molecular weight excluding hydrogens is 326 g/mol. The number of pyridine rings is 1. The van der Waals surface area contributed by atoms with Crippen LogP contribution < -0.4 is 11.5 Å². The number of carbonyl (C=O) groups excluding carboxylic acids is 1. The molecule has 0 spiro atoms. The molecule has 2 rings (SSSR count). The number of aliphatic imine (C=N–C) groups is 1. The van der Waals surface area contributed by atoms with Gasteiger partial charge in [0.2, 0.25) is 5.91 Å². The Hall–Kier alpha value is -2.86. The van der Waals surface area contributed by atoms with E-state index in [0.717, 1.165) is 5.56 Å². The molecule has 4 N–H and O–H groups in total. The van der Waals surface area contributed by atoms with Crippen molar-refractivity contribution in [3.63, 3.8) is 0 Å². The third kappa shape index (κ3) is 5.10. The maximum absolute atomic E-state index is 12.1. The van der Waals surface area contributed by atoms with Crippen LogP contribution in [0, 0.1) is 0 Å². The normalized spacial score (nSPS) is 10.6. The molecule has 0 fully saturated rings. The Morgan fingerprint density at radius 1 is 1.33 bits per heavy atom. The van der Waals surface area contributed by atoms with E-state index in [-0.39, 0.29) is 17.7 Å². The van der Waals surface area contributed by atoms with E-state index in [1.807, 2.05) is 30.3 Å². The molecule has 0 saturated carbocycles. The van der Waals surface area contributed by atoms with Crippen LogP contribution in [0.4, 0.5) is 5.82 Å². The Bertz CT molecular complexity index is 770. The molecule has 0 aliphatic carbocycles. The van der Waals surface area contributed by atoms with Gasteiger partial charge >= 0.3 is 0 Å². The van der Waals surface area contributed by atoms with Crippen LogP contribution in [0.2, 0.25) is 5.02 Å². The molecule has 2 aromatic rings. The zero-order chi connectivity index (χ0) is 17.5. The molecule has 0 aliphatic rings. The van der Waals surface area contributed by atoms with Gasteiger partial charge in [0.15, 0.2) is 11.8 Å².